The zero-order valence-electron chi connectivity index (χ0n) is 12.4. The van der Waals surface area contributed by atoms with E-state index >= 15 is 0 Å². The summed E-state index contributed by atoms with van der Waals surface area (Å²) in [6.07, 6.45) is 6.23. The van der Waals surface area contributed by atoms with Crippen molar-refractivity contribution in [1.29, 1.82) is 0 Å². The van der Waals surface area contributed by atoms with Gasteiger partial charge in [-0.05, 0) is 27.2 Å². The van der Waals surface area contributed by atoms with Crippen LogP contribution in [-0.2, 0) is 22.4 Å². The van der Waals surface area contributed by atoms with Crippen molar-refractivity contribution < 1.29 is 22.4 Å². The number of hydrogen-bond acceptors (Lipinski definition) is 5. The van der Waals surface area contributed by atoms with Gasteiger partial charge in [0.1, 0.15) is 0 Å². The average Bonchev–Trinajstić information content (AvgIpc) is 2.43. The maximum Gasteiger partial charge on any atom is 0.679 e. The van der Waals surface area contributed by atoms with E-state index in [1.54, 1.807) is 0 Å². The molecule has 1 unspecified atom stereocenters. The van der Waals surface area contributed by atoms with E-state index in [9.17, 15) is 0 Å². The standard InChI is InChI=1S/C13H26O5Si/c1-6-13(10-11-15-7-2)12-18-19(14-5,16-8-3)17-9-4/h1,13H,7-12H2,2-5H3. The Morgan fingerprint density at radius 2 is 1.68 bits per heavy atom. The molecule has 0 bridgehead atoms. The van der Waals surface area contributed by atoms with Gasteiger partial charge in [0.05, 0.1) is 6.61 Å². The van der Waals surface area contributed by atoms with Crippen LogP contribution in [0.3, 0.4) is 0 Å². The van der Waals surface area contributed by atoms with E-state index in [0.29, 0.717) is 33.0 Å². The molecule has 0 fully saturated rings. The quantitative estimate of drug-likeness (QED) is 0.312. The van der Waals surface area contributed by atoms with Crippen molar-refractivity contribution in [3.63, 3.8) is 0 Å². The van der Waals surface area contributed by atoms with Gasteiger partial charge in [0.15, 0.2) is 0 Å². The SMILES string of the molecule is C#CC(CCOCC)CO[Si](OC)(OCC)OCC. The van der Waals surface area contributed by atoms with Crippen LogP contribution in [0.4, 0.5) is 0 Å². The molecular weight excluding hydrogens is 264 g/mol. The van der Waals surface area contributed by atoms with Crippen molar-refractivity contribution in [2.75, 3.05) is 40.1 Å². The second kappa shape index (κ2) is 11.4. The highest BCUT2D eigenvalue weighted by Gasteiger charge is 2.44. The van der Waals surface area contributed by atoms with Crippen LogP contribution in [0.25, 0.3) is 0 Å². The van der Waals surface area contributed by atoms with Crippen LogP contribution in [0.2, 0.25) is 0 Å². The van der Waals surface area contributed by atoms with Crippen LogP contribution in [0.1, 0.15) is 27.2 Å². The topological polar surface area (TPSA) is 46.2 Å². The van der Waals surface area contributed by atoms with Crippen molar-refractivity contribution in [2.45, 2.75) is 27.2 Å². The Morgan fingerprint density at radius 1 is 1.05 bits per heavy atom. The highest BCUT2D eigenvalue weighted by Crippen LogP contribution is 2.14. The largest absolute Gasteiger partial charge is 0.679 e. The second-order valence-electron chi connectivity index (χ2n) is 3.73. The van der Waals surface area contributed by atoms with Crippen LogP contribution in [0.15, 0.2) is 0 Å². The highest BCUT2D eigenvalue weighted by atomic mass is 28.4. The minimum atomic E-state index is -3.03. The van der Waals surface area contributed by atoms with Crippen molar-refractivity contribution in [3.8, 4) is 12.3 Å². The van der Waals surface area contributed by atoms with Gasteiger partial charge in [-0.25, -0.2) is 0 Å². The molecule has 0 aromatic rings. The fraction of sp³-hybridized carbons (Fsp3) is 0.846. The number of rotatable bonds is 12. The number of hydrogen-bond donors (Lipinski definition) is 0. The molecule has 0 aromatic carbocycles. The van der Waals surface area contributed by atoms with E-state index in [2.05, 4.69) is 5.92 Å². The predicted molar refractivity (Wildman–Crippen MR) is 75.4 cm³/mol. The molecule has 1 atom stereocenters. The molecular formula is C13H26O5Si. The first-order valence-corrected chi connectivity index (χ1v) is 8.32. The summed E-state index contributed by atoms with van der Waals surface area (Å²) in [4.78, 5) is 0. The molecule has 0 aromatic heterocycles. The monoisotopic (exact) mass is 290 g/mol. The van der Waals surface area contributed by atoms with E-state index in [1.807, 2.05) is 20.8 Å². The van der Waals surface area contributed by atoms with Gasteiger partial charge in [-0.2, -0.15) is 0 Å². The van der Waals surface area contributed by atoms with Crippen molar-refractivity contribution in [1.82, 2.24) is 0 Å². The lowest BCUT2D eigenvalue weighted by Crippen LogP contribution is -2.49. The summed E-state index contributed by atoms with van der Waals surface area (Å²) >= 11 is 0. The first kappa shape index (κ1) is 18.6. The van der Waals surface area contributed by atoms with E-state index in [-0.39, 0.29) is 5.92 Å². The summed E-state index contributed by atoms with van der Waals surface area (Å²) in [7, 11) is -1.50. The maximum atomic E-state index is 5.72. The minimum Gasteiger partial charge on any atom is -0.382 e. The van der Waals surface area contributed by atoms with Crippen molar-refractivity contribution in [2.24, 2.45) is 5.92 Å². The molecule has 0 saturated carbocycles. The lowest BCUT2D eigenvalue weighted by atomic mass is 10.1. The Labute approximate surface area is 118 Å². The van der Waals surface area contributed by atoms with Crippen LogP contribution in [-0.4, -0.2) is 49.2 Å². The molecule has 0 aliphatic heterocycles. The van der Waals surface area contributed by atoms with E-state index in [1.165, 1.54) is 7.11 Å². The lowest BCUT2D eigenvalue weighted by Gasteiger charge is -2.26. The Balaban J connectivity index is 4.30. The molecule has 0 saturated heterocycles. The molecule has 0 amide bonds. The first-order chi connectivity index (χ1) is 9.17. The summed E-state index contributed by atoms with van der Waals surface area (Å²) in [5.74, 6) is 2.66. The highest BCUT2D eigenvalue weighted by molar-refractivity contribution is 6.53. The molecule has 5 nitrogen and oxygen atoms in total. The Morgan fingerprint density at radius 3 is 2.11 bits per heavy atom. The van der Waals surface area contributed by atoms with Gasteiger partial charge in [0.2, 0.25) is 0 Å². The normalized spacial score (nSPS) is 13.2. The zero-order valence-corrected chi connectivity index (χ0v) is 13.4. The molecule has 0 heterocycles. The van der Waals surface area contributed by atoms with Crippen LogP contribution in [0, 0.1) is 18.3 Å². The molecule has 0 spiro atoms. The number of ether oxygens (including phenoxy) is 1. The summed E-state index contributed by atoms with van der Waals surface area (Å²) in [6, 6.07) is 0. The van der Waals surface area contributed by atoms with E-state index in [0.717, 1.165) is 6.42 Å². The molecule has 0 N–H and O–H groups in total. The maximum absolute atomic E-state index is 5.72. The van der Waals surface area contributed by atoms with Gasteiger partial charge >= 0.3 is 9.05 Å². The fourth-order valence-electron chi connectivity index (χ4n) is 1.44. The predicted octanol–water partition coefficient (Wildman–Crippen LogP) is 1.83. The third-order valence-corrected chi connectivity index (χ3v) is 4.71. The third-order valence-electron chi connectivity index (χ3n) is 2.40. The van der Waals surface area contributed by atoms with Gasteiger partial charge in [-0.1, -0.05) is 0 Å². The smallest absolute Gasteiger partial charge is 0.382 e. The minimum absolute atomic E-state index is 0.0329. The fourth-order valence-corrected chi connectivity index (χ4v) is 3.16. The van der Waals surface area contributed by atoms with Gasteiger partial charge in [0, 0.05) is 39.5 Å². The lowest BCUT2D eigenvalue weighted by molar-refractivity contribution is -0.0229. The summed E-state index contributed by atoms with van der Waals surface area (Å²) in [6.45, 7) is 8.30. The third kappa shape index (κ3) is 7.67. The molecule has 19 heavy (non-hydrogen) atoms. The molecule has 0 radical (unpaired) electrons. The van der Waals surface area contributed by atoms with E-state index in [4.69, 9.17) is 28.9 Å². The molecule has 6 heteroatoms. The van der Waals surface area contributed by atoms with Gasteiger partial charge in [-0.3, -0.25) is 0 Å². The zero-order chi connectivity index (χ0) is 14.6. The summed E-state index contributed by atoms with van der Waals surface area (Å²) < 4.78 is 27.3. The van der Waals surface area contributed by atoms with Crippen LogP contribution >= 0.6 is 0 Å². The van der Waals surface area contributed by atoms with Gasteiger partial charge in [0.25, 0.3) is 0 Å². The Bertz CT molecular complexity index is 248. The first-order valence-electron chi connectivity index (χ1n) is 6.68. The summed E-state index contributed by atoms with van der Waals surface area (Å²) in [5.41, 5.74) is 0. The molecule has 0 aliphatic rings. The molecule has 112 valence electrons. The van der Waals surface area contributed by atoms with Crippen molar-refractivity contribution >= 4 is 9.05 Å². The van der Waals surface area contributed by atoms with Gasteiger partial charge in [-0.15, -0.1) is 12.3 Å². The second-order valence-corrected chi connectivity index (χ2v) is 6.00. The Kier molecular flexibility index (Phi) is 11.2. The summed E-state index contributed by atoms with van der Waals surface area (Å²) in [5, 5.41) is 0. The molecule has 0 rings (SSSR count). The average molecular weight is 290 g/mol. The van der Waals surface area contributed by atoms with E-state index < -0.39 is 9.05 Å². The molecule has 0 aliphatic carbocycles. The van der Waals surface area contributed by atoms with Crippen LogP contribution in [0.5, 0.6) is 0 Å². The van der Waals surface area contributed by atoms with Crippen LogP contribution < -0.4 is 0 Å². The van der Waals surface area contributed by atoms with Crippen molar-refractivity contribution in [3.05, 3.63) is 0 Å². The van der Waals surface area contributed by atoms with Gasteiger partial charge < -0.3 is 22.4 Å². The Hall–Kier alpha value is -0.423. The number of terminal acetylenes is 1.